The number of nitrogens with zero attached hydrogens (tertiary/aromatic N) is 1. The molecular formula is C25H47NO4. The third-order valence-electron chi connectivity index (χ3n) is 5.93. The Bertz CT molecular complexity index is 401. The zero-order valence-corrected chi connectivity index (χ0v) is 19.6. The van der Waals surface area contributed by atoms with Crippen LogP contribution in [0.3, 0.4) is 0 Å². The molecule has 0 aromatic carbocycles. The topological polar surface area (TPSA) is 55.8 Å². The molecule has 0 amide bonds. The molecule has 5 heteroatoms. The van der Waals surface area contributed by atoms with Crippen molar-refractivity contribution in [1.82, 2.24) is 4.90 Å². The van der Waals surface area contributed by atoms with Gasteiger partial charge in [-0.25, -0.2) is 0 Å². The molecule has 1 aliphatic rings. The van der Waals surface area contributed by atoms with Crippen molar-refractivity contribution in [3.8, 4) is 0 Å². The lowest BCUT2D eigenvalue weighted by Crippen LogP contribution is -2.33. The van der Waals surface area contributed by atoms with E-state index in [0.717, 1.165) is 58.2 Å². The number of unbranched alkanes of at least 4 members (excludes halogenated alkanes) is 9. The molecule has 0 aromatic heterocycles. The van der Waals surface area contributed by atoms with Crippen LogP contribution in [0.15, 0.2) is 0 Å². The molecule has 0 unspecified atom stereocenters. The summed E-state index contributed by atoms with van der Waals surface area (Å²) in [6, 6.07) is 0. The van der Waals surface area contributed by atoms with Crippen LogP contribution in [-0.2, 0) is 19.1 Å². The number of ether oxygens (including phenoxy) is 2. The summed E-state index contributed by atoms with van der Waals surface area (Å²) in [7, 11) is 0. The summed E-state index contributed by atoms with van der Waals surface area (Å²) in [5.74, 6) is -0.153. The summed E-state index contributed by atoms with van der Waals surface area (Å²) in [5.41, 5.74) is 0. The monoisotopic (exact) mass is 425 g/mol. The van der Waals surface area contributed by atoms with Gasteiger partial charge in [-0.2, -0.15) is 0 Å². The van der Waals surface area contributed by atoms with Crippen LogP contribution in [0, 0.1) is 0 Å². The summed E-state index contributed by atoms with van der Waals surface area (Å²) in [5, 5.41) is 0. The number of hydrogen-bond acceptors (Lipinski definition) is 5. The second-order valence-electron chi connectivity index (χ2n) is 8.73. The molecule has 0 N–H and O–H groups in total. The van der Waals surface area contributed by atoms with E-state index in [9.17, 15) is 9.59 Å². The highest BCUT2D eigenvalue weighted by Crippen LogP contribution is 2.12. The van der Waals surface area contributed by atoms with Crippen LogP contribution in [0.5, 0.6) is 0 Å². The summed E-state index contributed by atoms with van der Waals surface area (Å²) in [4.78, 5) is 26.0. The van der Waals surface area contributed by atoms with E-state index < -0.39 is 0 Å². The van der Waals surface area contributed by atoms with E-state index in [-0.39, 0.29) is 11.9 Å². The lowest BCUT2D eigenvalue weighted by molar-refractivity contribution is -0.144. The molecular weight excluding hydrogens is 378 g/mol. The van der Waals surface area contributed by atoms with Crippen molar-refractivity contribution >= 4 is 11.9 Å². The van der Waals surface area contributed by atoms with Crippen LogP contribution in [0.25, 0.3) is 0 Å². The first-order valence-electron chi connectivity index (χ1n) is 12.8. The maximum absolute atomic E-state index is 11.9. The van der Waals surface area contributed by atoms with Crippen molar-refractivity contribution in [3.63, 3.8) is 0 Å². The summed E-state index contributed by atoms with van der Waals surface area (Å²) >= 11 is 0. The largest absolute Gasteiger partial charge is 0.464 e. The maximum atomic E-state index is 11.9. The first-order valence-corrected chi connectivity index (χ1v) is 12.8. The van der Waals surface area contributed by atoms with Gasteiger partial charge in [-0.3, -0.25) is 14.5 Å². The minimum Gasteiger partial charge on any atom is -0.464 e. The fourth-order valence-corrected chi connectivity index (χ4v) is 3.95. The first kappa shape index (κ1) is 26.9. The molecule has 0 aliphatic carbocycles. The van der Waals surface area contributed by atoms with Gasteiger partial charge < -0.3 is 9.47 Å². The molecule has 1 fully saturated rings. The summed E-state index contributed by atoms with van der Waals surface area (Å²) < 4.78 is 10.8. The highest BCUT2D eigenvalue weighted by Gasteiger charge is 2.10. The maximum Gasteiger partial charge on any atom is 0.305 e. The fraction of sp³-hybridized carbons (Fsp3) is 0.920. The van der Waals surface area contributed by atoms with Crippen LogP contribution in [0.4, 0.5) is 0 Å². The standard InChI is InChI=1S/C25H47NO4/c1-2-3-4-5-6-7-8-9-13-16-19-26-20-22-29-24(27)17-14-11-10-12-15-18-25(28)30-23-21-26/h2-23H2,1H3. The SMILES string of the molecule is CCCCCCCCCCCCN1CCOC(=O)CCCCCCCC(=O)OCC1. The van der Waals surface area contributed by atoms with Crippen molar-refractivity contribution in [2.45, 2.75) is 116 Å². The van der Waals surface area contributed by atoms with E-state index in [2.05, 4.69) is 11.8 Å². The molecule has 0 atom stereocenters. The Hall–Kier alpha value is -1.10. The quantitative estimate of drug-likeness (QED) is 0.298. The summed E-state index contributed by atoms with van der Waals surface area (Å²) in [6.07, 6.45) is 19.1. The van der Waals surface area contributed by atoms with Crippen molar-refractivity contribution in [3.05, 3.63) is 0 Å². The molecule has 0 bridgehead atoms. The van der Waals surface area contributed by atoms with Crippen LogP contribution in [0.2, 0.25) is 0 Å². The molecule has 1 heterocycles. The van der Waals surface area contributed by atoms with Gasteiger partial charge in [-0.1, -0.05) is 84.0 Å². The molecule has 1 saturated heterocycles. The van der Waals surface area contributed by atoms with Gasteiger partial charge in [0.2, 0.25) is 0 Å². The van der Waals surface area contributed by atoms with Crippen molar-refractivity contribution in [1.29, 1.82) is 0 Å². The van der Waals surface area contributed by atoms with Crippen LogP contribution >= 0.6 is 0 Å². The van der Waals surface area contributed by atoms with Crippen LogP contribution in [0.1, 0.15) is 116 Å². The molecule has 5 nitrogen and oxygen atoms in total. The molecule has 0 saturated carbocycles. The van der Waals surface area contributed by atoms with Gasteiger partial charge in [0.1, 0.15) is 13.2 Å². The van der Waals surface area contributed by atoms with Gasteiger partial charge in [0.25, 0.3) is 0 Å². The van der Waals surface area contributed by atoms with E-state index in [1.54, 1.807) is 0 Å². The van der Waals surface area contributed by atoms with Crippen molar-refractivity contribution in [2.24, 2.45) is 0 Å². The summed E-state index contributed by atoms with van der Waals surface area (Å²) in [6.45, 7) is 5.56. The fourth-order valence-electron chi connectivity index (χ4n) is 3.95. The van der Waals surface area contributed by atoms with E-state index in [1.807, 2.05) is 0 Å². The van der Waals surface area contributed by atoms with Gasteiger partial charge in [-0.05, 0) is 25.8 Å². The Morgan fingerprint density at radius 2 is 1.07 bits per heavy atom. The average molecular weight is 426 g/mol. The van der Waals surface area contributed by atoms with E-state index in [1.165, 1.54) is 57.8 Å². The number of carbonyl (C=O) groups is 2. The Balaban J connectivity index is 2.22. The molecule has 1 aliphatic heterocycles. The number of cyclic esters (lactones) is 2. The third kappa shape index (κ3) is 16.7. The molecule has 0 radical (unpaired) electrons. The Morgan fingerprint density at radius 3 is 1.57 bits per heavy atom. The number of carbonyl (C=O) groups excluding carboxylic acids is 2. The normalized spacial score (nSPS) is 18.7. The van der Waals surface area contributed by atoms with E-state index in [0.29, 0.717) is 26.1 Å². The van der Waals surface area contributed by atoms with Crippen LogP contribution in [-0.4, -0.2) is 49.7 Å². The average Bonchev–Trinajstić information content (AvgIpc) is 2.73. The van der Waals surface area contributed by atoms with Gasteiger partial charge in [0.15, 0.2) is 0 Å². The lowest BCUT2D eigenvalue weighted by atomic mass is 10.1. The van der Waals surface area contributed by atoms with E-state index in [4.69, 9.17) is 9.47 Å². The predicted molar refractivity (Wildman–Crippen MR) is 123 cm³/mol. The highest BCUT2D eigenvalue weighted by atomic mass is 16.5. The lowest BCUT2D eigenvalue weighted by Gasteiger charge is -2.22. The minimum absolute atomic E-state index is 0.0765. The van der Waals surface area contributed by atoms with Gasteiger partial charge >= 0.3 is 11.9 Å². The molecule has 1 rings (SSSR count). The Morgan fingerprint density at radius 1 is 0.633 bits per heavy atom. The molecule has 0 spiro atoms. The molecule has 30 heavy (non-hydrogen) atoms. The zero-order chi connectivity index (χ0) is 21.7. The third-order valence-corrected chi connectivity index (χ3v) is 5.93. The van der Waals surface area contributed by atoms with Crippen molar-refractivity contribution in [2.75, 3.05) is 32.8 Å². The number of hydrogen-bond donors (Lipinski definition) is 0. The van der Waals surface area contributed by atoms with E-state index >= 15 is 0 Å². The second-order valence-corrected chi connectivity index (χ2v) is 8.73. The molecule has 176 valence electrons. The second kappa shape index (κ2) is 19.8. The first-order chi connectivity index (χ1) is 14.7. The zero-order valence-electron chi connectivity index (χ0n) is 19.6. The van der Waals surface area contributed by atoms with Crippen LogP contribution < -0.4 is 0 Å². The van der Waals surface area contributed by atoms with Gasteiger partial charge in [0.05, 0.1) is 0 Å². The van der Waals surface area contributed by atoms with Gasteiger partial charge in [0, 0.05) is 25.9 Å². The Kier molecular flexibility index (Phi) is 17.8. The van der Waals surface area contributed by atoms with Gasteiger partial charge in [-0.15, -0.1) is 0 Å². The number of esters is 2. The predicted octanol–water partition coefficient (Wildman–Crippen LogP) is 6.04. The highest BCUT2D eigenvalue weighted by molar-refractivity contribution is 5.69. The minimum atomic E-state index is -0.0765. The number of rotatable bonds is 11. The smallest absolute Gasteiger partial charge is 0.305 e. The Labute approximate surface area is 185 Å². The molecule has 0 aromatic rings. The van der Waals surface area contributed by atoms with Crippen molar-refractivity contribution < 1.29 is 19.1 Å².